The van der Waals surface area contributed by atoms with Crippen LogP contribution in [0.2, 0.25) is 0 Å². The number of piperidine rings is 1. The molecule has 0 unspecified atom stereocenters. The SMILES string of the molecule is Nc1ccc(/C=C/C(=O)NCCOc2ccc(-c3ccc(C(=O)N4CCC(F)(F)CC4)cn3)cc2C(F)(F)F)cc1. The fourth-order valence-electron chi connectivity index (χ4n) is 4.12. The predicted octanol–water partition coefficient (Wildman–Crippen LogP) is 5.43. The smallest absolute Gasteiger partial charge is 0.419 e. The first-order valence-electron chi connectivity index (χ1n) is 12.7. The largest absolute Gasteiger partial charge is 0.491 e. The van der Waals surface area contributed by atoms with Crippen LogP contribution >= 0.6 is 0 Å². The maximum Gasteiger partial charge on any atom is 0.419 e. The third kappa shape index (κ3) is 8.03. The lowest BCUT2D eigenvalue weighted by molar-refractivity contribution is -0.139. The maximum atomic E-state index is 13.8. The van der Waals surface area contributed by atoms with Crippen molar-refractivity contribution in [1.82, 2.24) is 15.2 Å². The maximum absolute atomic E-state index is 13.8. The molecule has 2 amide bonds. The van der Waals surface area contributed by atoms with Gasteiger partial charge in [0.05, 0.1) is 23.4 Å². The van der Waals surface area contributed by atoms with Crippen LogP contribution in [-0.2, 0) is 11.0 Å². The van der Waals surface area contributed by atoms with Crippen molar-refractivity contribution in [2.24, 2.45) is 0 Å². The number of benzene rings is 2. The van der Waals surface area contributed by atoms with Gasteiger partial charge >= 0.3 is 6.18 Å². The van der Waals surface area contributed by atoms with Crippen LogP contribution in [0, 0.1) is 0 Å². The second-order valence-corrected chi connectivity index (χ2v) is 9.43. The van der Waals surface area contributed by atoms with E-state index >= 15 is 0 Å². The van der Waals surface area contributed by atoms with Gasteiger partial charge in [-0.1, -0.05) is 12.1 Å². The molecule has 1 fully saturated rings. The van der Waals surface area contributed by atoms with Crippen LogP contribution in [0.3, 0.4) is 0 Å². The molecule has 3 N–H and O–H groups in total. The number of carbonyl (C=O) groups is 2. The molecule has 1 saturated heterocycles. The summed E-state index contributed by atoms with van der Waals surface area (Å²) in [6.07, 6.45) is -1.51. The van der Waals surface area contributed by atoms with E-state index in [1.165, 1.54) is 35.4 Å². The van der Waals surface area contributed by atoms with Gasteiger partial charge in [0, 0.05) is 49.5 Å². The number of hydrogen-bond donors (Lipinski definition) is 2. The number of carbonyl (C=O) groups excluding carboxylic acids is 2. The number of amides is 2. The highest BCUT2D eigenvalue weighted by atomic mass is 19.4. The van der Waals surface area contributed by atoms with Gasteiger partial charge in [-0.05, 0) is 54.1 Å². The van der Waals surface area contributed by atoms with E-state index in [9.17, 15) is 31.5 Å². The zero-order chi connectivity index (χ0) is 29.6. The lowest BCUT2D eigenvalue weighted by atomic mass is 10.0. The molecule has 0 atom stereocenters. The van der Waals surface area contributed by atoms with Crippen molar-refractivity contribution in [2.75, 3.05) is 32.0 Å². The van der Waals surface area contributed by atoms with E-state index in [-0.39, 0.29) is 43.1 Å². The fraction of sp³-hybridized carbons (Fsp3) is 0.276. The van der Waals surface area contributed by atoms with Crippen LogP contribution in [0.5, 0.6) is 5.75 Å². The molecule has 1 aromatic heterocycles. The number of halogens is 5. The van der Waals surface area contributed by atoms with Gasteiger partial charge in [0.25, 0.3) is 11.8 Å². The number of ether oxygens (including phenoxy) is 1. The molecule has 0 spiro atoms. The van der Waals surface area contributed by atoms with Gasteiger partial charge in [-0.15, -0.1) is 0 Å². The minimum atomic E-state index is -4.73. The molecule has 0 aliphatic carbocycles. The van der Waals surface area contributed by atoms with Crippen LogP contribution in [0.15, 0.2) is 66.9 Å². The molecule has 2 aromatic carbocycles. The van der Waals surface area contributed by atoms with Gasteiger partial charge in [-0.3, -0.25) is 14.6 Å². The number of nitrogens with one attached hydrogen (secondary N) is 1. The van der Waals surface area contributed by atoms with Crippen LogP contribution < -0.4 is 15.8 Å². The summed E-state index contributed by atoms with van der Waals surface area (Å²) in [5.74, 6) is -4.12. The summed E-state index contributed by atoms with van der Waals surface area (Å²) in [6, 6.07) is 13.1. The van der Waals surface area contributed by atoms with Gasteiger partial charge in [-0.25, -0.2) is 8.78 Å². The summed E-state index contributed by atoms with van der Waals surface area (Å²) in [4.78, 5) is 30.0. The van der Waals surface area contributed by atoms with E-state index in [0.717, 1.165) is 17.7 Å². The highest BCUT2D eigenvalue weighted by Gasteiger charge is 2.36. The highest BCUT2D eigenvalue weighted by molar-refractivity contribution is 5.94. The molecule has 2 heterocycles. The van der Waals surface area contributed by atoms with Crippen molar-refractivity contribution in [3.63, 3.8) is 0 Å². The molecule has 0 radical (unpaired) electrons. The molecule has 0 saturated carbocycles. The molecule has 4 rings (SSSR count). The summed E-state index contributed by atoms with van der Waals surface area (Å²) < 4.78 is 73.5. The standard InChI is InChI=1S/C29H27F5N4O3/c30-28(31)11-14-38(15-12-28)27(40)21-4-8-24(37-18-21)20-5-9-25(23(17-20)29(32,33)34)41-16-13-36-26(39)10-3-19-1-6-22(35)7-2-19/h1-10,17-18H,11-16,35H2,(H,36,39)/b10-3+. The zero-order valence-corrected chi connectivity index (χ0v) is 21.8. The van der Waals surface area contributed by atoms with Crippen molar-refractivity contribution in [2.45, 2.75) is 24.9 Å². The molecular weight excluding hydrogens is 547 g/mol. The second-order valence-electron chi connectivity index (χ2n) is 9.43. The Kier molecular flexibility index (Phi) is 8.89. The topological polar surface area (TPSA) is 97.6 Å². The van der Waals surface area contributed by atoms with Gasteiger partial charge in [-0.2, -0.15) is 13.2 Å². The van der Waals surface area contributed by atoms with Crippen molar-refractivity contribution in [1.29, 1.82) is 0 Å². The Balaban J connectivity index is 1.36. The molecule has 0 bridgehead atoms. The first-order chi connectivity index (χ1) is 19.4. The van der Waals surface area contributed by atoms with Crippen molar-refractivity contribution >= 4 is 23.6 Å². The summed E-state index contributed by atoms with van der Waals surface area (Å²) >= 11 is 0. The van der Waals surface area contributed by atoms with Crippen LogP contribution in [-0.4, -0.2) is 53.9 Å². The number of likely N-dealkylation sites (tertiary alicyclic amines) is 1. The molecule has 1 aliphatic rings. The minimum Gasteiger partial charge on any atom is -0.491 e. The summed E-state index contributed by atoms with van der Waals surface area (Å²) in [5, 5.41) is 2.54. The van der Waals surface area contributed by atoms with Gasteiger partial charge in [0.1, 0.15) is 12.4 Å². The number of rotatable bonds is 8. The normalized spacial score (nSPS) is 15.1. The van der Waals surface area contributed by atoms with E-state index in [1.807, 2.05) is 0 Å². The molecule has 3 aromatic rings. The van der Waals surface area contributed by atoms with E-state index < -0.39 is 48.1 Å². The average Bonchev–Trinajstić information content (AvgIpc) is 2.94. The van der Waals surface area contributed by atoms with Gasteiger partial charge in [0.2, 0.25) is 5.91 Å². The average molecular weight is 575 g/mol. The number of pyridine rings is 1. The molecule has 1 aliphatic heterocycles. The minimum absolute atomic E-state index is 0.0321. The summed E-state index contributed by atoms with van der Waals surface area (Å²) in [5.41, 5.74) is 6.40. The van der Waals surface area contributed by atoms with E-state index in [1.54, 1.807) is 30.3 Å². The number of nitrogen functional groups attached to an aromatic ring is 1. The number of hydrogen-bond acceptors (Lipinski definition) is 5. The quantitative estimate of drug-likeness (QED) is 0.162. The molecular formula is C29H27F5N4O3. The monoisotopic (exact) mass is 574 g/mol. The number of anilines is 1. The fourth-order valence-corrected chi connectivity index (χ4v) is 4.12. The third-order valence-corrected chi connectivity index (χ3v) is 6.40. The summed E-state index contributed by atoms with van der Waals surface area (Å²) in [7, 11) is 0. The lowest BCUT2D eigenvalue weighted by Crippen LogP contribution is -2.42. The molecule has 216 valence electrons. The predicted molar refractivity (Wildman–Crippen MR) is 143 cm³/mol. The van der Waals surface area contributed by atoms with Gasteiger partial charge in [0.15, 0.2) is 0 Å². The van der Waals surface area contributed by atoms with Crippen molar-refractivity contribution in [3.8, 4) is 17.0 Å². The Bertz CT molecular complexity index is 1400. The zero-order valence-electron chi connectivity index (χ0n) is 21.8. The van der Waals surface area contributed by atoms with Crippen molar-refractivity contribution < 1.29 is 36.3 Å². The Morgan fingerprint density at radius 2 is 1.76 bits per heavy atom. The number of nitrogens with zero attached hydrogens (tertiary/aromatic N) is 2. The third-order valence-electron chi connectivity index (χ3n) is 6.40. The lowest BCUT2D eigenvalue weighted by Gasteiger charge is -2.31. The Hall–Kier alpha value is -4.48. The molecule has 7 nitrogen and oxygen atoms in total. The number of alkyl halides is 5. The number of nitrogens with two attached hydrogens (primary N) is 1. The van der Waals surface area contributed by atoms with Crippen LogP contribution in [0.25, 0.3) is 17.3 Å². The van der Waals surface area contributed by atoms with Gasteiger partial charge < -0.3 is 20.7 Å². The number of aromatic nitrogens is 1. The Morgan fingerprint density at radius 3 is 2.39 bits per heavy atom. The van der Waals surface area contributed by atoms with E-state index in [2.05, 4.69) is 10.3 Å². The van der Waals surface area contributed by atoms with Crippen molar-refractivity contribution in [3.05, 3.63) is 83.6 Å². The molecule has 12 heteroatoms. The molecule has 41 heavy (non-hydrogen) atoms. The summed E-state index contributed by atoms with van der Waals surface area (Å²) in [6.45, 7) is -0.418. The van der Waals surface area contributed by atoms with Crippen LogP contribution in [0.4, 0.5) is 27.6 Å². The first-order valence-corrected chi connectivity index (χ1v) is 12.7. The first kappa shape index (κ1) is 29.5. The van der Waals surface area contributed by atoms with Crippen LogP contribution in [0.1, 0.15) is 34.3 Å². The Morgan fingerprint density at radius 1 is 1.05 bits per heavy atom. The van der Waals surface area contributed by atoms with E-state index in [0.29, 0.717) is 5.69 Å². The Labute approximate surface area is 232 Å². The van der Waals surface area contributed by atoms with E-state index in [4.69, 9.17) is 10.5 Å². The second kappa shape index (κ2) is 12.4. The highest BCUT2D eigenvalue weighted by Crippen LogP contribution is 2.38.